The van der Waals surface area contributed by atoms with E-state index in [-0.39, 0.29) is 17.9 Å². The van der Waals surface area contributed by atoms with Gasteiger partial charge in [0.15, 0.2) is 0 Å². The fourth-order valence-electron chi connectivity index (χ4n) is 1.86. The van der Waals surface area contributed by atoms with Crippen LogP contribution in [0.4, 0.5) is 0 Å². The highest BCUT2D eigenvalue weighted by Crippen LogP contribution is 2.15. The molecule has 0 aromatic carbocycles. The van der Waals surface area contributed by atoms with E-state index in [1.165, 1.54) is 7.11 Å². The largest absolute Gasteiger partial charge is 0.469 e. The lowest BCUT2D eigenvalue weighted by Gasteiger charge is -2.26. The van der Waals surface area contributed by atoms with Crippen molar-refractivity contribution < 1.29 is 14.3 Å². The molecule has 1 aliphatic heterocycles. The summed E-state index contributed by atoms with van der Waals surface area (Å²) in [4.78, 5) is 23.3. The first-order valence-electron chi connectivity index (χ1n) is 6.07. The fourth-order valence-corrected chi connectivity index (χ4v) is 1.86. The van der Waals surface area contributed by atoms with Crippen molar-refractivity contribution in [3.8, 4) is 0 Å². The number of hydrogen-bond acceptors (Lipinski definition) is 4. The zero-order valence-electron chi connectivity index (χ0n) is 10.8. The van der Waals surface area contributed by atoms with E-state index in [2.05, 4.69) is 15.4 Å². The maximum absolute atomic E-state index is 11.8. The Morgan fingerprint density at radius 3 is 2.65 bits per heavy atom. The minimum Gasteiger partial charge on any atom is -0.469 e. The van der Waals surface area contributed by atoms with Gasteiger partial charge in [-0.05, 0) is 33.2 Å². The summed E-state index contributed by atoms with van der Waals surface area (Å²) in [5.74, 6) is -0.337. The van der Waals surface area contributed by atoms with Crippen molar-refractivity contribution in [3.05, 3.63) is 0 Å². The number of carbonyl (C=O) groups excluding carboxylic acids is 2. The molecule has 5 nitrogen and oxygen atoms in total. The molecule has 98 valence electrons. The molecule has 1 atom stereocenters. The van der Waals surface area contributed by atoms with Crippen molar-refractivity contribution in [1.29, 1.82) is 0 Å². The predicted octanol–water partition coefficient (Wildman–Crippen LogP) is 0.444. The highest BCUT2D eigenvalue weighted by atomic mass is 16.5. The normalized spacial score (nSPS) is 20.8. The molecule has 0 aromatic heterocycles. The maximum Gasteiger partial charge on any atom is 0.313 e. The Morgan fingerprint density at radius 2 is 2.12 bits per heavy atom. The molecule has 17 heavy (non-hydrogen) atoms. The van der Waals surface area contributed by atoms with Gasteiger partial charge in [-0.1, -0.05) is 6.42 Å². The third-order valence-corrected chi connectivity index (χ3v) is 3.07. The average Bonchev–Trinajstić information content (AvgIpc) is 2.36. The molecule has 1 fully saturated rings. The van der Waals surface area contributed by atoms with Gasteiger partial charge in [0.1, 0.15) is 0 Å². The van der Waals surface area contributed by atoms with E-state index in [4.69, 9.17) is 0 Å². The molecule has 0 saturated carbocycles. The Labute approximate surface area is 102 Å². The van der Waals surface area contributed by atoms with E-state index < -0.39 is 5.41 Å². The third kappa shape index (κ3) is 4.00. The molecule has 0 bridgehead atoms. The molecular weight excluding hydrogens is 220 g/mol. The first-order chi connectivity index (χ1) is 7.97. The molecule has 2 N–H and O–H groups in total. The lowest BCUT2D eigenvalue weighted by molar-refractivity contribution is -0.150. The summed E-state index contributed by atoms with van der Waals surface area (Å²) in [6.07, 6.45) is 3.06. The van der Waals surface area contributed by atoms with Gasteiger partial charge in [-0.2, -0.15) is 0 Å². The smallest absolute Gasteiger partial charge is 0.313 e. The monoisotopic (exact) mass is 242 g/mol. The molecule has 1 saturated heterocycles. The Hall–Kier alpha value is -1.10. The Balaban J connectivity index is 2.39. The first kappa shape index (κ1) is 14.0. The van der Waals surface area contributed by atoms with Crippen molar-refractivity contribution >= 4 is 11.9 Å². The van der Waals surface area contributed by atoms with E-state index >= 15 is 0 Å². The number of carbonyl (C=O) groups is 2. The van der Waals surface area contributed by atoms with Crippen LogP contribution in [0.1, 0.15) is 33.1 Å². The van der Waals surface area contributed by atoms with Gasteiger partial charge in [-0.15, -0.1) is 0 Å². The molecule has 0 aliphatic carbocycles. The average molecular weight is 242 g/mol. The Morgan fingerprint density at radius 1 is 1.41 bits per heavy atom. The quantitative estimate of drug-likeness (QED) is 0.702. The molecule has 5 heteroatoms. The summed E-state index contributed by atoms with van der Waals surface area (Å²) < 4.78 is 4.69. The van der Waals surface area contributed by atoms with Crippen LogP contribution < -0.4 is 10.6 Å². The van der Waals surface area contributed by atoms with Crippen molar-refractivity contribution in [3.63, 3.8) is 0 Å². The Bertz CT molecular complexity index is 283. The number of ether oxygens (including phenoxy) is 1. The fraction of sp³-hybridized carbons (Fsp3) is 0.833. The summed E-state index contributed by atoms with van der Waals surface area (Å²) in [5, 5.41) is 5.98. The second kappa shape index (κ2) is 6.00. The molecule has 0 spiro atoms. The minimum atomic E-state index is -0.681. The van der Waals surface area contributed by atoms with Crippen molar-refractivity contribution in [2.45, 2.75) is 39.2 Å². The van der Waals surface area contributed by atoms with Crippen LogP contribution in [0.3, 0.4) is 0 Å². The van der Waals surface area contributed by atoms with Gasteiger partial charge < -0.3 is 15.4 Å². The van der Waals surface area contributed by atoms with Gasteiger partial charge in [-0.3, -0.25) is 9.59 Å². The predicted molar refractivity (Wildman–Crippen MR) is 64.4 cm³/mol. The highest BCUT2D eigenvalue weighted by Gasteiger charge is 2.30. The number of nitrogens with one attached hydrogen (secondary N) is 2. The van der Waals surface area contributed by atoms with Crippen molar-refractivity contribution in [1.82, 2.24) is 10.6 Å². The number of hydrogen-bond donors (Lipinski definition) is 2. The number of esters is 1. The second-order valence-corrected chi connectivity index (χ2v) is 5.10. The standard InChI is InChI=1S/C12H22N2O3/c1-12(2,11(16)17-3)8-14-10(15)9-6-4-5-7-13-9/h9,13H,4-8H2,1-3H3,(H,14,15)/t9-/m0/s1. The number of amides is 1. The third-order valence-electron chi connectivity index (χ3n) is 3.07. The van der Waals surface area contributed by atoms with Crippen molar-refractivity contribution in [2.24, 2.45) is 5.41 Å². The van der Waals surface area contributed by atoms with Crippen LogP contribution in [0.15, 0.2) is 0 Å². The molecule has 1 amide bonds. The van der Waals surface area contributed by atoms with Gasteiger partial charge >= 0.3 is 5.97 Å². The maximum atomic E-state index is 11.8. The van der Waals surface area contributed by atoms with E-state index in [9.17, 15) is 9.59 Å². The summed E-state index contributed by atoms with van der Waals surface area (Å²) in [6, 6.07) is -0.114. The summed E-state index contributed by atoms with van der Waals surface area (Å²) >= 11 is 0. The zero-order chi connectivity index (χ0) is 12.9. The Kier molecular flexibility index (Phi) is 4.93. The summed E-state index contributed by atoms with van der Waals surface area (Å²) in [7, 11) is 1.36. The van der Waals surface area contributed by atoms with E-state index in [1.807, 2.05) is 0 Å². The summed E-state index contributed by atoms with van der Waals surface area (Å²) in [5.41, 5.74) is -0.681. The number of methoxy groups -OCH3 is 1. The van der Waals surface area contributed by atoms with Crippen molar-refractivity contribution in [2.75, 3.05) is 20.2 Å². The van der Waals surface area contributed by atoms with Crippen LogP contribution in [0, 0.1) is 5.41 Å². The van der Waals surface area contributed by atoms with Crippen LogP contribution in [0.5, 0.6) is 0 Å². The van der Waals surface area contributed by atoms with Gasteiger partial charge in [-0.25, -0.2) is 0 Å². The van der Waals surface area contributed by atoms with Crippen LogP contribution in [-0.4, -0.2) is 38.1 Å². The van der Waals surface area contributed by atoms with E-state index in [1.54, 1.807) is 13.8 Å². The van der Waals surface area contributed by atoms with Crippen LogP contribution in [-0.2, 0) is 14.3 Å². The van der Waals surface area contributed by atoms with Gasteiger partial charge in [0, 0.05) is 6.54 Å². The van der Waals surface area contributed by atoms with Gasteiger partial charge in [0.25, 0.3) is 0 Å². The molecule has 1 rings (SSSR count). The lowest BCUT2D eigenvalue weighted by Crippen LogP contribution is -2.49. The van der Waals surface area contributed by atoms with Gasteiger partial charge in [0.2, 0.25) is 5.91 Å². The molecule has 1 aliphatic rings. The molecule has 0 radical (unpaired) electrons. The summed E-state index contributed by atoms with van der Waals surface area (Å²) in [6.45, 7) is 4.70. The number of rotatable bonds is 4. The highest BCUT2D eigenvalue weighted by molar-refractivity contribution is 5.83. The molecule has 0 aromatic rings. The topological polar surface area (TPSA) is 67.4 Å². The van der Waals surface area contributed by atoms with Crippen LogP contribution >= 0.6 is 0 Å². The molecule has 0 unspecified atom stereocenters. The van der Waals surface area contributed by atoms with E-state index in [0.29, 0.717) is 6.54 Å². The minimum absolute atomic E-state index is 0.0262. The SMILES string of the molecule is COC(=O)C(C)(C)CNC(=O)[C@@H]1CCCCN1. The first-order valence-corrected chi connectivity index (χ1v) is 6.07. The zero-order valence-corrected chi connectivity index (χ0v) is 10.8. The lowest BCUT2D eigenvalue weighted by atomic mass is 9.93. The van der Waals surface area contributed by atoms with Gasteiger partial charge in [0.05, 0.1) is 18.6 Å². The van der Waals surface area contributed by atoms with Crippen LogP contribution in [0.2, 0.25) is 0 Å². The number of piperidine rings is 1. The van der Waals surface area contributed by atoms with E-state index in [0.717, 1.165) is 25.8 Å². The molecule has 1 heterocycles. The molecular formula is C12H22N2O3. The van der Waals surface area contributed by atoms with Crippen LogP contribution in [0.25, 0.3) is 0 Å². The second-order valence-electron chi connectivity index (χ2n) is 5.10.